The lowest BCUT2D eigenvalue weighted by atomic mass is 10.2. The van der Waals surface area contributed by atoms with Crippen molar-refractivity contribution < 1.29 is 19.4 Å². The van der Waals surface area contributed by atoms with Gasteiger partial charge in [0, 0.05) is 31.7 Å². The van der Waals surface area contributed by atoms with E-state index in [1.807, 2.05) is 27.7 Å². The maximum atomic E-state index is 12.0. The third kappa shape index (κ3) is 6.78. The molecule has 2 N–H and O–H groups in total. The minimum Gasteiger partial charge on any atom is -0.508 e. The van der Waals surface area contributed by atoms with Gasteiger partial charge in [0.25, 0.3) is 0 Å². The second-order valence-electron chi connectivity index (χ2n) is 6.23. The summed E-state index contributed by atoms with van der Waals surface area (Å²) >= 11 is 0. The van der Waals surface area contributed by atoms with E-state index in [9.17, 15) is 9.90 Å². The predicted octanol–water partition coefficient (Wildman–Crippen LogP) is 2.75. The molecule has 0 aliphatic rings. The average Bonchev–Trinajstić information content (AvgIpc) is 2.47. The molecule has 0 radical (unpaired) electrons. The van der Waals surface area contributed by atoms with Gasteiger partial charge in [-0.05, 0) is 45.9 Å². The van der Waals surface area contributed by atoms with E-state index in [4.69, 9.17) is 9.47 Å². The molecule has 0 atom stereocenters. The van der Waals surface area contributed by atoms with Gasteiger partial charge in [-0.1, -0.05) is 0 Å². The van der Waals surface area contributed by atoms with Crippen molar-refractivity contribution in [1.29, 1.82) is 0 Å². The molecule has 0 spiro atoms. The fourth-order valence-electron chi connectivity index (χ4n) is 1.97. The molecule has 1 amide bonds. The van der Waals surface area contributed by atoms with Gasteiger partial charge in [-0.3, -0.25) is 0 Å². The molecule has 6 nitrogen and oxygen atoms in total. The summed E-state index contributed by atoms with van der Waals surface area (Å²) in [6.45, 7) is 9.68. The normalized spacial score (nSPS) is 11.2. The first kappa shape index (κ1) is 19.1. The Balaban J connectivity index is 2.45. The Morgan fingerprint density at radius 2 is 2.04 bits per heavy atom. The molecular formula is C17H28N2O4. The Bertz CT molecular complexity index is 512. The van der Waals surface area contributed by atoms with Crippen LogP contribution in [-0.2, 0) is 11.3 Å². The number of phenols is 1. The van der Waals surface area contributed by atoms with Gasteiger partial charge in [0.15, 0.2) is 0 Å². The van der Waals surface area contributed by atoms with E-state index in [0.29, 0.717) is 31.9 Å². The zero-order valence-electron chi connectivity index (χ0n) is 14.7. The molecule has 0 fully saturated rings. The highest BCUT2D eigenvalue weighted by Crippen LogP contribution is 2.22. The summed E-state index contributed by atoms with van der Waals surface area (Å²) in [6.07, 6.45) is -0.314. The van der Waals surface area contributed by atoms with Crippen molar-refractivity contribution in [2.45, 2.75) is 39.8 Å². The number of carbonyl (C=O) groups excluding carboxylic acids is 1. The fourth-order valence-corrected chi connectivity index (χ4v) is 1.97. The van der Waals surface area contributed by atoms with Crippen molar-refractivity contribution in [3.8, 4) is 11.5 Å². The van der Waals surface area contributed by atoms with E-state index in [2.05, 4.69) is 5.32 Å². The van der Waals surface area contributed by atoms with E-state index in [0.717, 1.165) is 5.56 Å². The Morgan fingerprint density at radius 1 is 1.35 bits per heavy atom. The maximum absolute atomic E-state index is 12.0. The molecule has 6 heteroatoms. The third-order valence-electron chi connectivity index (χ3n) is 3.19. The van der Waals surface area contributed by atoms with Crippen LogP contribution in [0.1, 0.15) is 33.3 Å². The summed E-state index contributed by atoms with van der Waals surface area (Å²) in [5, 5.41) is 13.0. The minimum atomic E-state index is -0.496. The summed E-state index contributed by atoms with van der Waals surface area (Å²) in [4.78, 5) is 13.7. The molecule has 1 aromatic carbocycles. The van der Waals surface area contributed by atoms with Gasteiger partial charge in [-0.15, -0.1) is 0 Å². The molecule has 0 saturated heterocycles. The SMILES string of the molecule is CCN(CCNCc1cc(OC)ccc1O)C(=O)OC(C)(C)C. The van der Waals surface area contributed by atoms with Gasteiger partial charge in [-0.2, -0.15) is 0 Å². The lowest BCUT2D eigenvalue weighted by molar-refractivity contribution is 0.0262. The fraction of sp³-hybridized carbons (Fsp3) is 0.588. The first-order valence-corrected chi connectivity index (χ1v) is 7.81. The molecule has 0 aliphatic carbocycles. The average molecular weight is 324 g/mol. The molecule has 0 aliphatic heterocycles. The number of hydrogen-bond acceptors (Lipinski definition) is 5. The number of nitrogens with one attached hydrogen (secondary N) is 1. The number of hydrogen-bond donors (Lipinski definition) is 2. The number of aromatic hydroxyl groups is 1. The molecule has 0 saturated carbocycles. The van der Waals surface area contributed by atoms with Gasteiger partial charge in [-0.25, -0.2) is 4.79 Å². The van der Waals surface area contributed by atoms with Crippen LogP contribution in [-0.4, -0.2) is 48.4 Å². The first-order chi connectivity index (χ1) is 10.8. The smallest absolute Gasteiger partial charge is 0.410 e. The van der Waals surface area contributed by atoms with Gasteiger partial charge >= 0.3 is 6.09 Å². The molecule has 0 unspecified atom stereocenters. The number of amides is 1. The van der Waals surface area contributed by atoms with Gasteiger partial charge in [0.05, 0.1) is 7.11 Å². The third-order valence-corrected chi connectivity index (χ3v) is 3.19. The summed E-state index contributed by atoms with van der Waals surface area (Å²) in [5.74, 6) is 0.918. The van der Waals surface area contributed by atoms with Crippen LogP contribution in [0.5, 0.6) is 11.5 Å². The Hall–Kier alpha value is -1.95. The molecular weight excluding hydrogens is 296 g/mol. The number of likely N-dealkylation sites (N-methyl/N-ethyl adjacent to an activating group) is 1. The van der Waals surface area contributed by atoms with Gasteiger partial charge < -0.3 is 24.8 Å². The van der Waals surface area contributed by atoms with Crippen molar-refractivity contribution >= 4 is 6.09 Å². The number of rotatable bonds is 7. The van der Waals surface area contributed by atoms with Crippen molar-refractivity contribution in [3.63, 3.8) is 0 Å². The van der Waals surface area contributed by atoms with Crippen LogP contribution in [0.2, 0.25) is 0 Å². The van der Waals surface area contributed by atoms with Crippen molar-refractivity contribution in [3.05, 3.63) is 23.8 Å². The van der Waals surface area contributed by atoms with Crippen LogP contribution in [0, 0.1) is 0 Å². The van der Waals surface area contributed by atoms with Crippen LogP contribution >= 0.6 is 0 Å². The van der Waals surface area contributed by atoms with E-state index in [-0.39, 0.29) is 11.8 Å². The molecule has 23 heavy (non-hydrogen) atoms. The van der Waals surface area contributed by atoms with Crippen LogP contribution < -0.4 is 10.1 Å². The van der Waals surface area contributed by atoms with Gasteiger partial charge in [0.1, 0.15) is 17.1 Å². The van der Waals surface area contributed by atoms with Crippen LogP contribution in [0.25, 0.3) is 0 Å². The monoisotopic (exact) mass is 324 g/mol. The van der Waals surface area contributed by atoms with Crippen LogP contribution in [0.4, 0.5) is 4.79 Å². The topological polar surface area (TPSA) is 71.0 Å². The highest BCUT2D eigenvalue weighted by molar-refractivity contribution is 5.68. The number of ether oxygens (including phenoxy) is 2. The number of methoxy groups -OCH3 is 1. The van der Waals surface area contributed by atoms with Gasteiger partial charge in [0.2, 0.25) is 0 Å². The Kier molecular flexibility index (Phi) is 7.16. The van der Waals surface area contributed by atoms with E-state index >= 15 is 0 Å². The second kappa shape index (κ2) is 8.62. The highest BCUT2D eigenvalue weighted by atomic mass is 16.6. The second-order valence-corrected chi connectivity index (χ2v) is 6.23. The molecule has 0 bridgehead atoms. The van der Waals surface area contributed by atoms with Crippen molar-refractivity contribution in [2.24, 2.45) is 0 Å². The molecule has 0 heterocycles. The van der Waals surface area contributed by atoms with Crippen molar-refractivity contribution in [1.82, 2.24) is 10.2 Å². The molecule has 130 valence electrons. The summed E-state index contributed by atoms with van der Waals surface area (Å²) in [5.41, 5.74) is 0.259. The number of nitrogens with zero attached hydrogens (tertiary/aromatic N) is 1. The van der Waals surface area contributed by atoms with E-state index in [1.165, 1.54) is 0 Å². The molecule has 1 rings (SSSR count). The predicted molar refractivity (Wildman–Crippen MR) is 89.8 cm³/mol. The zero-order valence-corrected chi connectivity index (χ0v) is 14.7. The number of benzene rings is 1. The minimum absolute atomic E-state index is 0.220. The Morgan fingerprint density at radius 3 is 2.61 bits per heavy atom. The summed E-state index contributed by atoms with van der Waals surface area (Å²) in [7, 11) is 1.59. The van der Waals surface area contributed by atoms with Crippen molar-refractivity contribution in [2.75, 3.05) is 26.7 Å². The highest BCUT2D eigenvalue weighted by Gasteiger charge is 2.20. The van der Waals surface area contributed by atoms with E-state index < -0.39 is 5.60 Å². The largest absolute Gasteiger partial charge is 0.508 e. The quantitative estimate of drug-likeness (QED) is 0.755. The Labute approximate surface area is 138 Å². The summed E-state index contributed by atoms with van der Waals surface area (Å²) < 4.78 is 10.5. The maximum Gasteiger partial charge on any atom is 0.410 e. The lowest BCUT2D eigenvalue weighted by Gasteiger charge is -2.26. The van der Waals surface area contributed by atoms with Crippen LogP contribution in [0.3, 0.4) is 0 Å². The summed E-state index contributed by atoms with van der Waals surface area (Å²) in [6, 6.07) is 5.10. The first-order valence-electron chi connectivity index (χ1n) is 7.81. The lowest BCUT2D eigenvalue weighted by Crippen LogP contribution is -2.40. The van der Waals surface area contributed by atoms with Crippen LogP contribution in [0.15, 0.2) is 18.2 Å². The number of phenolic OH excluding ortho intramolecular Hbond substituents is 1. The zero-order chi connectivity index (χ0) is 17.5. The molecule has 0 aromatic heterocycles. The van der Waals surface area contributed by atoms with E-state index in [1.54, 1.807) is 30.2 Å². The molecule has 1 aromatic rings. The number of carbonyl (C=O) groups is 1. The standard InChI is InChI=1S/C17H28N2O4/c1-6-19(16(21)23-17(2,3)4)10-9-18-12-13-11-14(22-5)7-8-15(13)20/h7-8,11,18,20H,6,9-10,12H2,1-5H3.